The summed E-state index contributed by atoms with van der Waals surface area (Å²) in [6.07, 6.45) is 1.84. The lowest BCUT2D eigenvalue weighted by Crippen LogP contribution is -2.22. The molecule has 0 radical (unpaired) electrons. The average molecular weight is 254 g/mol. The topological polar surface area (TPSA) is 34.2 Å². The van der Waals surface area contributed by atoms with Crippen molar-refractivity contribution in [2.75, 3.05) is 13.6 Å². The van der Waals surface area contributed by atoms with Crippen molar-refractivity contribution in [1.29, 1.82) is 0 Å². The summed E-state index contributed by atoms with van der Waals surface area (Å²) in [7, 11) is 1.98. The van der Waals surface area contributed by atoms with Gasteiger partial charge in [0.2, 0.25) is 0 Å². The predicted molar refractivity (Wildman–Crippen MR) is 75.8 cm³/mol. The minimum absolute atomic E-state index is 0.324. The van der Waals surface area contributed by atoms with Crippen molar-refractivity contribution in [3.63, 3.8) is 0 Å². The van der Waals surface area contributed by atoms with Crippen molar-refractivity contribution < 1.29 is 4.74 Å². The fourth-order valence-corrected chi connectivity index (χ4v) is 2.78. The number of fused-ring (bicyclic) bond motifs is 2. The summed E-state index contributed by atoms with van der Waals surface area (Å²) in [5, 5.41) is 3.27. The zero-order valence-corrected chi connectivity index (χ0v) is 11.3. The van der Waals surface area contributed by atoms with E-state index in [4.69, 9.17) is 4.74 Å². The maximum absolute atomic E-state index is 6.06. The zero-order chi connectivity index (χ0) is 13.2. The number of ether oxygens (including phenoxy) is 1. The Balaban J connectivity index is 2.15. The number of pyridine rings is 1. The first kappa shape index (κ1) is 12.2. The number of nitrogens with zero attached hydrogens (tertiary/aromatic N) is 1. The maximum Gasteiger partial charge on any atom is 0.149 e. The largest absolute Gasteiger partial charge is 0.455 e. The van der Waals surface area contributed by atoms with E-state index in [1.165, 1.54) is 5.56 Å². The SMILES string of the molecule is CNC[C@@H]1c2ncccc2Oc2ccccc2[C@H]1C. The van der Waals surface area contributed by atoms with Gasteiger partial charge < -0.3 is 10.1 Å². The van der Waals surface area contributed by atoms with E-state index in [2.05, 4.69) is 29.4 Å². The Morgan fingerprint density at radius 2 is 1.95 bits per heavy atom. The van der Waals surface area contributed by atoms with Crippen LogP contribution in [0.3, 0.4) is 0 Å². The summed E-state index contributed by atoms with van der Waals surface area (Å²) in [5.74, 6) is 2.52. The second-order valence-corrected chi connectivity index (χ2v) is 4.98. The van der Waals surface area contributed by atoms with E-state index in [1.807, 2.05) is 37.5 Å². The first-order valence-electron chi connectivity index (χ1n) is 6.67. The van der Waals surface area contributed by atoms with Gasteiger partial charge in [-0.2, -0.15) is 0 Å². The van der Waals surface area contributed by atoms with Gasteiger partial charge in [-0.3, -0.25) is 4.98 Å². The highest BCUT2D eigenvalue weighted by molar-refractivity contribution is 5.46. The van der Waals surface area contributed by atoms with Crippen molar-refractivity contribution in [3.8, 4) is 11.5 Å². The molecule has 3 nitrogen and oxygen atoms in total. The normalized spacial score (nSPS) is 20.9. The third kappa shape index (κ3) is 2.10. The van der Waals surface area contributed by atoms with E-state index < -0.39 is 0 Å². The summed E-state index contributed by atoms with van der Waals surface area (Å²) >= 11 is 0. The number of nitrogens with one attached hydrogen (secondary N) is 1. The van der Waals surface area contributed by atoms with E-state index in [1.54, 1.807) is 0 Å². The number of likely N-dealkylation sites (N-methyl/N-ethyl adjacent to an activating group) is 1. The maximum atomic E-state index is 6.06. The van der Waals surface area contributed by atoms with Gasteiger partial charge in [0, 0.05) is 18.7 Å². The molecule has 0 spiro atoms. The van der Waals surface area contributed by atoms with Crippen molar-refractivity contribution in [1.82, 2.24) is 10.3 Å². The molecule has 3 rings (SSSR count). The molecule has 0 unspecified atom stereocenters. The van der Waals surface area contributed by atoms with Crippen LogP contribution in [0.25, 0.3) is 0 Å². The number of hydrogen-bond acceptors (Lipinski definition) is 3. The Kier molecular flexibility index (Phi) is 3.22. The lowest BCUT2D eigenvalue weighted by molar-refractivity contribution is 0.473. The minimum atomic E-state index is 0.324. The zero-order valence-electron chi connectivity index (χ0n) is 11.3. The van der Waals surface area contributed by atoms with Crippen LogP contribution in [0.2, 0.25) is 0 Å². The van der Waals surface area contributed by atoms with Gasteiger partial charge in [0.1, 0.15) is 11.5 Å². The molecule has 1 aliphatic rings. The molecule has 2 aromatic rings. The van der Waals surface area contributed by atoms with Gasteiger partial charge in [-0.15, -0.1) is 0 Å². The van der Waals surface area contributed by atoms with E-state index >= 15 is 0 Å². The molecular weight excluding hydrogens is 236 g/mol. The third-order valence-electron chi connectivity index (χ3n) is 3.81. The first-order chi connectivity index (χ1) is 9.31. The Hall–Kier alpha value is -1.87. The van der Waals surface area contributed by atoms with Gasteiger partial charge in [-0.25, -0.2) is 0 Å². The third-order valence-corrected chi connectivity index (χ3v) is 3.81. The van der Waals surface area contributed by atoms with Crippen LogP contribution < -0.4 is 10.1 Å². The van der Waals surface area contributed by atoms with Crippen LogP contribution in [0.1, 0.15) is 30.0 Å². The quantitative estimate of drug-likeness (QED) is 0.893. The van der Waals surface area contributed by atoms with E-state index in [0.29, 0.717) is 11.8 Å². The average Bonchev–Trinajstić information content (AvgIpc) is 2.56. The smallest absolute Gasteiger partial charge is 0.149 e. The Bertz CT molecular complexity index is 582. The van der Waals surface area contributed by atoms with Crippen molar-refractivity contribution in [3.05, 3.63) is 53.9 Å². The molecule has 98 valence electrons. The van der Waals surface area contributed by atoms with Crippen LogP contribution in [0.15, 0.2) is 42.6 Å². The minimum Gasteiger partial charge on any atom is -0.455 e. The van der Waals surface area contributed by atoms with Gasteiger partial charge in [0.15, 0.2) is 0 Å². The highest BCUT2D eigenvalue weighted by Gasteiger charge is 2.30. The standard InChI is InChI=1S/C16H18N2O/c1-11-12-6-3-4-7-14(12)19-15-8-5-9-18-16(15)13(11)10-17-2/h3-9,11,13,17H,10H2,1-2H3/t11-,13+/m1/s1. The predicted octanol–water partition coefficient (Wildman–Crippen LogP) is 3.29. The fraction of sp³-hybridized carbons (Fsp3) is 0.312. The summed E-state index contributed by atoms with van der Waals surface area (Å²) in [6.45, 7) is 3.14. The van der Waals surface area contributed by atoms with Crippen LogP contribution in [0.4, 0.5) is 0 Å². The molecule has 0 aliphatic carbocycles. The molecule has 2 heterocycles. The molecule has 1 aliphatic heterocycles. The van der Waals surface area contributed by atoms with Crippen molar-refractivity contribution in [2.24, 2.45) is 0 Å². The molecule has 0 fully saturated rings. The summed E-state index contributed by atoms with van der Waals surface area (Å²) in [5.41, 5.74) is 2.29. The van der Waals surface area contributed by atoms with Crippen molar-refractivity contribution >= 4 is 0 Å². The molecule has 0 bridgehead atoms. The monoisotopic (exact) mass is 254 g/mol. The molecular formula is C16H18N2O. The van der Waals surface area contributed by atoms with Crippen LogP contribution in [0.5, 0.6) is 11.5 Å². The van der Waals surface area contributed by atoms with Crippen LogP contribution >= 0.6 is 0 Å². The number of aromatic nitrogens is 1. The number of rotatable bonds is 2. The molecule has 19 heavy (non-hydrogen) atoms. The highest BCUT2D eigenvalue weighted by Crippen LogP contribution is 2.44. The molecule has 1 aromatic carbocycles. The second-order valence-electron chi connectivity index (χ2n) is 4.98. The van der Waals surface area contributed by atoms with Crippen LogP contribution in [0, 0.1) is 0 Å². The molecule has 0 saturated heterocycles. The number of benzene rings is 1. The van der Waals surface area contributed by atoms with Gasteiger partial charge in [0.05, 0.1) is 5.69 Å². The summed E-state index contributed by atoms with van der Waals surface area (Å²) in [6, 6.07) is 12.2. The molecule has 1 aromatic heterocycles. The summed E-state index contributed by atoms with van der Waals surface area (Å²) < 4.78 is 6.06. The Labute approximate surface area is 113 Å². The second kappa shape index (κ2) is 5.02. The van der Waals surface area contributed by atoms with Gasteiger partial charge in [-0.05, 0) is 36.7 Å². The molecule has 0 amide bonds. The molecule has 1 N–H and O–H groups in total. The molecule has 3 heteroatoms. The van der Waals surface area contributed by atoms with Gasteiger partial charge in [-0.1, -0.05) is 25.1 Å². The Morgan fingerprint density at radius 1 is 1.16 bits per heavy atom. The van der Waals surface area contributed by atoms with Gasteiger partial charge in [0.25, 0.3) is 0 Å². The lowest BCUT2D eigenvalue weighted by Gasteiger charge is -2.21. The molecule has 2 atom stereocenters. The van der Waals surface area contributed by atoms with E-state index in [0.717, 1.165) is 23.7 Å². The van der Waals surface area contributed by atoms with Crippen molar-refractivity contribution in [2.45, 2.75) is 18.8 Å². The first-order valence-corrected chi connectivity index (χ1v) is 6.67. The van der Waals surface area contributed by atoms with Crippen LogP contribution in [-0.4, -0.2) is 18.6 Å². The lowest BCUT2D eigenvalue weighted by atomic mass is 9.85. The number of para-hydroxylation sites is 1. The Morgan fingerprint density at radius 3 is 2.79 bits per heavy atom. The van der Waals surface area contributed by atoms with Gasteiger partial charge >= 0.3 is 0 Å². The fourth-order valence-electron chi connectivity index (χ4n) is 2.78. The van der Waals surface area contributed by atoms with E-state index in [-0.39, 0.29) is 0 Å². The molecule has 0 saturated carbocycles. The van der Waals surface area contributed by atoms with Crippen LogP contribution in [-0.2, 0) is 0 Å². The number of hydrogen-bond donors (Lipinski definition) is 1. The van der Waals surface area contributed by atoms with E-state index in [9.17, 15) is 0 Å². The highest BCUT2D eigenvalue weighted by atomic mass is 16.5. The summed E-state index contributed by atoms with van der Waals surface area (Å²) in [4.78, 5) is 4.55.